The number of nitrogens with two attached hydrogens (primary N) is 1. The van der Waals surface area contributed by atoms with Gasteiger partial charge in [0.1, 0.15) is 17.3 Å². The number of hydrogen-bond acceptors (Lipinski definition) is 5. The van der Waals surface area contributed by atoms with E-state index in [1.807, 2.05) is 36.5 Å². The van der Waals surface area contributed by atoms with E-state index in [1.165, 1.54) is 0 Å². The third kappa shape index (κ3) is 3.66. The van der Waals surface area contributed by atoms with Crippen molar-refractivity contribution in [2.24, 2.45) is 5.73 Å². The number of anilines is 1. The zero-order chi connectivity index (χ0) is 28.5. The molecule has 1 saturated heterocycles. The molecule has 0 saturated carbocycles. The van der Waals surface area contributed by atoms with Crippen LogP contribution in [0.1, 0.15) is 27.5 Å². The Labute approximate surface area is 241 Å². The Kier molecular flexibility index (Phi) is 5.45. The topological polar surface area (TPSA) is 96.1 Å². The molecule has 9 heteroatoms. The zero-order valence-corrected chi connectivity index (χ0v) is 23.0. The largest absolute Gasteiger partial charge is 0.367 e. The van der Waals surface area contributed by atoms with Crippen LogP contribution in [0.2, 0.25) is 0 Å². The third-order valence-electron chi connectivity index (χ3n) is 8.72. The summed E-state index contributed by atoms with van der Waals surface area (Å²) >= 11 is 0. The van der Waals surface area contributed by atoms with Crippen LogP contribution in [0, 0.1) is 5.82 Å². The second kappa shape index (κ2) is 9.25. The van der Waals surface area contributed by atoms with Crippen molar-refractivity contribution in [1.82, 2.24) is 24.4 Å². The van der Waals surface area contributed by atoms with Crippen molar-refractivity contribution < 1.29 is 9.18 Å². The third-order valence-corrected chi connectivity index (χ3v) is 8.72. The minimum Gasteiger partial charge on any atom is -0.367 e. The maximum absolute atomic E-state index is 15.3. The molecule has 1 aliphatic carbocycles. The lowest BCUT2D eigenvalue weighted by Gasteiger charge is -2.34. The molecule has 3 aromatic heterocycles. The first kappa shape index (κ1) is 24.8. The second-order valence-corrected chi connectivity index (χ2v) is 11.1. The summed E-state index contributed by atoms with van der Waals surface area (Å²) in [6, 6.07) is 21.4. The molecule has 1 unspecified atom stereocenters. The highest BCUT2D eigenvalue weighted by Gasteiger charge is 2.33. The highest BCUT2D eigenvalue weighted by Crippen LogP contribution is 2.50. The minimum atomic E-state index is -0.480. The molecule has 8 nitrogen and oxygen atoms in total. The summed E-state index contributed by atoms with van der Waals surface area (Å²) in [5.74, 6) is -0.0289. The number of primary amides is 1. The van der Waals surface area contributed by atoms with Gasteiger partial charge >= 0.3 is 0 Å². The van der Waals surface area contributed by atoms with Gasteiger partial charge < -0.3 is 25.1 Å². The second-order valence-electron chi connectivity index (χ2n) is 11.1. The molecule has 0 bridgehead atoms. The van der Waals surface area contributed by atoms with E-state index in [2.05, 4.69) is 55.6 Å². The molecule has 0 radical (unpaired) electrons. The number of likely N-dealkylation sites (N-methyl/N-ethyl adjacent to an activating group) is 1. The van der Waals surface area contributed by atoms with Crippen molar-refractivity contribution in [2.75, 3.05) is 38.1 Å². The fourth-order valence-electron chi connectivity index (χ4n) is 6.64. The fourth-order valence-corrected chi connectivity index (χ4v) is 6.64. The van der Waals surface area contributed by atoms with Crippen molar-refractivity contribution in [2.45, 2.75) is 6.04 Å². The molecule has 8 rings (SSSR count). The van der Waals surface area contributed by atoms with Crippen molar-refractivity contribution in [1.29, 1.82) is 0 Å². The summed E-state index contributed by atoms with van der Waals surface area (Å²) in [6.45, 7) is 3.36. The normalized spacial score (nSPS) is 16.7. The first-order valence-corrected chi connectivity index (χ1v) is 14.1. The number of rotatable bonds is 4. The number of carbonyl (C=O) groups excluding carboxylic acids is 1. The molecule has 6 aromatic rings. The Hall–Kier alpha value is -5.02. The molecule has 3 N–H and O–H groups in total. The van der Waals surface area contributed by atoms with Crippen LogP contribution in [0.4, 0.5) is 10.1 Å². The van der Waals surface area contributed by atoms with Gasteiger partial charge in [-0.2, -0.15) is 0 Å². The van der Waals surface area contributed by atoms with Crippen molar-refractivity contribution in [3.05, 3.63) is 102 Å². The van der Waals surface area contributed by atoms with E-state index in [-0.39, 0.29) is 11.9 Å². The van der Waals surface area contributed by atoms with E-state index in [9.17, 15) is 4.79 Å². The lowest BCUT2D eigenvalue weighted by molar-refractivity contribution is 0.100. The quantitative estimate of drug-likeness (QED) is 0.311. The Bertz CT molecular complexity index is 2040. The first-order chi connectivity index (χ1) is 20.5. The number of piperazine rings is 1. The van der Waals surface area contributed by atoms with Gasteiger partial charge in [-0.05, 0) is 47.5 Å². The predicted octanol–water partition coefficient (Wildman–Crippen LogP) is 5.19. The number of fused-ring (bicyclic) bond motifs is 5. The predicted molar refractivity (Wildman–Crippen MR) is 162 cm³/mol. The standard InChI is InChI=1S/C33H28FN7O/c1-39-13-15-40(16-14-39)28-18-27-26(17-25(28)34)37-32(38-27)24-8-4-7-23-29(24)19-5-2-3-6-20(19)30(23)41-12-10-22-21(31(35)42)9-11-36-33(22)41/h2-12,17-18,30H,13-16H2,1H3,(H2,35,42)(H,37,38). The lowest BCUT2D eigenvalue weighted by atomic mass is 9.99. The van der Waals surface area contributed by atoms with E-state index in [1.54, 1.807) is 18.3 Å². The molecule has 2 aliphatic rings. The Balaban J connectivity index is 1.27. The maximum Gasteiger partial charge on any atom is 0.249 e. The molecule has 1 fully saturated rings. The van der Waals surface area contributed by atoms with E-state index in [0.717, 1.165) is 64.9 Å². The van der Waals surface area contributed by atoms with Crippen LogP contribution < -0.4 is 10.6 Å². The van der Waals surface area contributed by atoms with Gasteiger partial charge in [0.05, 0.1) is 28.3 Å². The Morgan fingerprint density at radius 2 is 1.76 bits per heavy atom. The van der Waals surface area contributed by atoms with Gasteiger partial charge in [-0.25, -0.2) is 14.4 Å². The summed E-state index contributed by atoms with van der Waals surface area (Å²) in [7, 11) is 2.09. The number of aromatic amines is 1. The number of nitrogens with zero attached hydrogens (tertiary/aromatic N) is 5. The smallest absolute Gasteiger partial charge is 0.249 e. The van der Waals surface area contributed by atoms with Crippen LogP contribution in [-0.2, 0) is 0 Å². The number of aromatic nitrogens is 4. The van der Waals surface area contributed by atoms with Crippen LogP contribution >= 0.6 is 0 Å². The van der Waals surface area contributed by atoms with E-state index in [0.29, 0.717) is 28.2 Å². The number of amides is 1. The first-order valence-electron chi connectivity index (χ1n) is 14.1. The summed E-state index contributed by atoms with van der Waals surface area (Å²) in [4.78, 5) is 29.5. The number of imidazole rings is 1. The maximum atomic E-state index is 15.3. The van der Waals surface area contributed by atoms with Crippen molar-refractivity contribution in [3.63, 3.8) is 0 Å². The monoisotopic (exact) mass is 557 g/mol. The number of nitrogens with one attached hydrogen (secondary N) is 1. The number of hydrogen-bond donors (Lipinski definition) is 2. The van der Waals surface area contributed by atoms with Crippen LogP contribution in [0.25, 0.3) is 44.6 Å². The van der Waals surface area contributed by atoms with Gasteiger partial charge in [0.2, 0.25) is 5.91 Å². The molecule has 1 aliphatic heterocycles. The molecule has 3 aromatic carbocycles. The highest BCUT2D eigenvalue weighted by molar-refractivity contribution is 6.05. The summed E-state index contributed by atoms with van der Waals surface area (Å²) in [5.41, 5.74) is 14.2. The van der Waals surface area contributed by atoms with Crippen LogP contribution in [0.15, 0.2) is 79.1 Å². The van der Waals surface area contributed by atoms with E-state index < -0.39 is 5.91 Å². The molecule has 4 heterocycles. The van der Waals surface area contributed by atoms with Crippen LogP contribution in [0.3, 0.4) is 0 Å². The van der Waals surface area contributed by atoms with Crippen LogP contribution in [0.5, 0.6) is 0 Å². The van der Waals surface area contributed by atoms with Gasteiger partial charge in [-0.1, -0.05) is 42.5 Å². The summed E-state index contributed by atoms with van der Waals surface area (Å²) in [6.07, 6.45) is 3.60. The van der Waals surface area contributed by atoms with Crippen molar-refractivity contribution in [3.8, 4) is 22.5 Å². The van der Waals surface area contributed by atoms with Gasteiger partial charge in [0, 0.05) is 55.6 Å². The van der Waals surface area contributed by atoms with E-state index >= 15 is 4.39 Å². The molecule has 208 valence electrons. The number of pyridine rings is 1. The zero-order valence-electron chi connectivity index (χ0n) is 23.0. The van der Waals surface area contributed by atoms with Gasteiger partial charge in [0.25, 0.3) is 0 Å². The lowest BCUT2D eigenvalue weighted by Crippen LogP contribution is -2.44. The van der Waals surface area contributed by atoms with E-state index in [4.69, 9.17) is 10.7 Å². The number of halogens is 1. The van der Waals surface area contributed by atoms with Gasteiger partial charge in [0.15, 0.2) is 0 Å². The van der Waals surface area contributed by atoms with Gasteiger partial charge in [-0.3, -0.25) is 4.79 Å². The Morgan fingerprint density at radius 1 is 0.976 bits per heavy atom. The highest BCUT2D eigenvalue weighted by atomic mass is 19.1. The number of benzene rings is 3. The minimum absolute atomic E-state index is 0.157. The molecule has 0 spiro atoms. The average Bonchev–Trinajstić information content (AvgIpc) is 3.70. The fraction of sp³-hybridized carbons (Fsp3) is 0.182. The summed E-state index contributed by atoms with van der Waals surface area (Å²) < 4.78 is 17.4. The van der Waals surface area contributed by atoms with Crippen molar-refractivity contribution >= 4 is 33.7 Å². The molecule has 1 atom stereocenters. The molecular formula is C33H28FN7O. The molecule has 42 heavy (non-hydrogen) atoms. The Morgan fingerprint density at radius 3 is 2.60 bits per heavy atom. The number of carbonyl (C=O) groups is 1. The van der Waals surface area contributed by atoms with Gasteiger partial charge in [-0.15, -0.1) is 0 Å². The number of H-pyrrole nitrogens is 1. The van der Waals surface area contributed by atoms with Crippen LogP contribution in [-0.4, -0.2) is 63.6 Å². The molecule has 1 amide bonds. The molecular weight excluding hydrogens is 529 g/mol. The summed E-state index contributed by atoms with van der Waals surface area (Å²) in [5, 5.41) is 0.725. The SMILES string of the molecule is CN1CCN(c2cc3nc(-c4cccc5c4-c4ccccc4C5n4ccc5c(C(N)=O)ccnc54)[nH]c3cc2F)CC1. The average molecular weight is 558 g/mol.